The predicted molar refractivity (Wildman–Crippen MR) is 124 cm³/mol. The van der Waals surface area contributed by atoms with Gasteiger partial charge in [-0.25, -0.2) is 4.79 Å². The van der Waals surface area contributed by atoms with Crippen molar-refractivity contribution in [3.05, 3.63) is 57.7 Å². The highest BCUT2D eigenvalue weighted by atomic mass is 16.5. The van der Waals surface area contributed by atoms with Crippen molar-refractivity contribution >= 4 is 17.5 Å². The van der Waals surface area contributed by atoms with Crippen LogP contribution in [0.15, 0.2) is 57.7 Å². The van der Waals surface area contributed by atoms with Gasteiger partial charge in [0.25, 0.3) is 0 Å². The van der Waals surface area contributed by atoms with Gasteiger partial charge in [0.05, 0.1) is 12.7 Å². The van der Waals surface area contributed by atoms with Crippen LogP contribution in [0, 0.1) is 0 Å². The van der Waals surface area contributed by atoms with Gasteiger partial charge in [-0.05, 0) is 79.7 Å². The minimum Gasteiger partial charge on any atom is -0.465 e. The SMILES string of the molecule is CC/C=C(\C(=O)OC)C(=O)/C(C(=O)/C=C(\C)CCC=C(C)C)=C(\C)CCC=C(C)C. The summed E-state index contributed by atoms with van der Waals surface area (Å²) < 4.78 is 4.77. The minimum atomic E-state index is -0.714. The number of methoxy groups -OCH3 is 1. The smallest absolute Gasteiger partial charge is 0.341 e. The lowest BCUT2D eigenvalue weighted by Gasteiger charge is -2.11. The summed E-state index contributed by atoms with van der Waals surface area (Å²) in [5.74, 6) is -1.62. The summed E-state index contributed by atoms with van der Waals surface area (Å²) in [4.78, 5) is 38.4. The molecule has 0 aliphatic heterocycles. The van der Waals surface area contributed by atoms with E-state index in [-0.39, 0.29) is 16.9 Å². The van der Waals surface area contributed by atoms with Crippen molar-refractivity contribution in [3.63, 3.8) is 0 Å². The summed E-state index contributed by atoms with van der Waals surface area (Å²) in [7, 11) is 1.24. The number of Topliss-reactive ketones (excluding diaryl/α,β-unsaturated/α-hetero) is 1. The number of rotatable bonds is 12. The Morgan fingerprint density at radius 3 is 1.80 bits per heavy atom. The van der Waals surface area contributed by atoms with Crippen molar-refractivity contribution < 1.29 is 19.1 Å². The van der Waals surface area contributed by atoms with E-state index >= 15 is 0 Å². The van der Waals surface area contributed by atoms with Crippen LogP contribution >= 0.6 is 0 Å². The molecule has 0 rings (SSSR count). The van der Waals surface area contributed by atoms with Gasteiger partial charge in [0.15, 0.2) is 5.78 Å². The van der Waals surface area contributed by atoms with Crippen LogP contribution in [-0.2, 0) is 19.1 Å². The van der Waals surface area contributed by atoms with E-state index in [1.807, 2.05) is 41.5 Å². The molecule has 0 N–H and O–H groups in total. The van der Waals surface area contributed by atoms with Crippen LogP contribution in [0.1, 0.15) is 80.6 Å². The number of ketones is 2. The number of carbonyl (C=O) groups is 3. The standard InChI is InChI=1S/C26H38O4/c1-9-12-22(26(29)30-8)25(28)24(21(7)16-11-14-19(4)5)23(27)17-20(6)15-10-13-18(2)3/h12-14,17H,9-11,15-16H2,1-8H3/b20-17+,22-12-,24-21+. The lowest BCUT2D eigenvalue weighted by Crippen LogP contribution is -2.21. The fourth-order valence-electron chi connectivity index (χ4n) is 2.89. The Kier molecular flexibility index (Phi) is 13.3. The Labute approximate surface area is 182 Å². The van der Waals surface area contributed by atoms with Crippen molar-refractivity contribution in [2.24, 2.45) is 0 Å². The van der Waals surface area contributed by atoms with Crippen molar-refractivity contribution in [2.45, 2.75) is 80.6 Å². The van der Waals surface area contributed by atoms with Crippen LogP contribution in [0.2, 0.25) is 0 Å². The first-order valence-electron chi connectivity index (χ1n) is 10.6. The van der Waals surface area contributed by atoms with Crippen molar-refractivity contribution in [2.75, 3.05) is 7.11 Å². The van der Waals surface area contributed by atoms with Crippen LogP contribution in [0.4, 0.5) is 0 Å². The average Bonchev–Trinajstić information content (AvgIpc) is 2.64. The fraction of sp³-hybridized carbons (Fsp3) is 0.500. The number of hydrogen-bond acceptors (Lipinski definition) is 4. The third-order valence-corrected chi connectivity index (χ3v) is 4.50. The second-order valence-corrected chi connectivity index (χ2v) is 8.00. The number of esters is 1. The molecule has 0 aromatic carbocycles. The van der Waals surface area contributed by atoms with Crippen molar-refractivity contribution in [1.82, 2.24) is 0 Å². The summed E-state index contributed by atoms with van der Waals surface area (Å²) in [6, 6.07) is 0. The lowest BCUT2D eigenvalue weighted by molar-refractivity contribution is -0.137. The molecule has 0 heterocycles. The maximum absolute atomic E-state index is 13.2. The van der Waals surface area contributed by atoms with E-state index < -0.39 is 11.8 Å². The Hall–Kier alpha value is -2.49. The molecule has 30 heavy (non-hydrogen) atoms. The largest absolute Gasteiger partial charge is 0.465 e. The summed E-state index contributed by atoms with van der Waals surface area (Å²) in [5.41, 5.74) is 3.98. The molecule has 0 saturated carbocycles. The molecule has 0 unspecified atom stereocenters. The monoisotopic (exact) mass is 414 g/mol. The first-order chi connectivity index (χ1) is 14.0. The maximum Gasteiger partial charge on any atom is 0.341 e. The molecule has 0 fully saturated rings. The van der Waals surface area contributed by atoms with Crippen LogP contribution < -0.4 is 0 Å². The molecule has 0 spiro atoms. The zero-order valence-corrected chi connectivity index (χ0v) is 20.0. The van der Waals surface area contributed by atoms with Crippen LogP contribution in [0.3, 0.4) is 0 Å². The second-order valence-electron chi connectivity index (χ2n) is 8.00. The molecule has 0 aromatic rings. The predicted octanol–water partition coefficient (Wildman–Crippen LogP) is 6.39. The molecule has 0 saturated heterocycles. The first kappa shape index (κ1) is 27.5. The highest BCUT2D eigenvalue weighted by molar-refractivity contribution is 6.35. The van der Waals surface area contributed by atoms with Crippen LogP contribution in [0.5, 0.6) is 0 Å². The zero-order chi connectivity index (χ0) is 23.3. The minimum absolute atomic E-state index is 0.0730. The Bertz CT molecular complexity index is 778. The summed E-state index contributed by atoms with van der Waals surface area (Å²) in [5, 5.41) is 0. The topological polar surface area (TPSA) is 60.4 Å². The summed E-state index contributed by atoms with van der Waals surface area (Å²) in [6.07, 6.45) is 10.6. The third-order valence-electron chi connectivity index (χ3n) is 4.50. The number of ether oxygens (including phenoxy) is 1. The van der Waals surface area contributed by atoms with E-state index in [1.165, 1.54) is 30.4 Å². The van der Waals surface area contributed by atoms with Crippen molar-refractivity contribution in [1.29, 1.82) is 0 Å². The van der Waals surface area contributed by atoms with E-state index in [0.29, 0.717) is 18.4 Å². The van der Waals surface area contributed by atoms with Gasteiger partial charge in [-0.15, -0.1) is 0 Å². The molecule has 0 amide bonds. The van der Waals surface area contributed by atoms with E-state index in [1.54, 1.807) is 6.92 Å². The van der Waals surface area contributed by atoms with E-state index in [4.69, 9.17) is 4.74 Å². The Balaban J connectivity index is 6.05. The van der Waals surface area contributed by atoms with Gasteiger partial charge in [0, 0.05) is 0 Å². The van der Waals surface area contributed by atoms with Crippen molar-refractivity contribution in [3.8, 4) is 0 Å². The van der Waals surface area contributed by atoms with Crippen LogP contribution in [0.25, 0.3) is 0 Å². The van der Waals surface area contributed by atoms with Gasteiger partial charge < -0.3 is 4.74 Å². The highest BCUT2D eigenvalue weighted by Gasteiger charge is 2.27. The molecule has 0 atom stereocenters. The Morgan fingerprint density at radius 2 is 1.33 bits per heavy atom. The van der Waals surface area contributed by atoms with Gasteiger partial charge in [0.2, 0.25) is 5.78 Å². The molecule has 0 aliphatic carbocycles. The van der Waals surface area contributed by atoms with E-state index in [9.17, 15) is 14.4 Å². The van der Waals surface area contributed by atoms with Gasteiger partial charge in [0.1, 0.15) is 5.57 Å². The van der Waals surface area contributed by atoms with Gasteiger partial charge in [-0.3, -0.25) is 9.59 Å². The zero-order valence-electron chi connectivity index (χ0n) is 20.0. The lowest BCUT2D eigenvalue weighted by atomic mass is 9.91. The number of allylic oxidation sites excluding steroid dienone is 9. The highest BCUT2D eigenvalue weighted by Crippen LogP contribution is 2.20. The summed E-state index contributed by atoms with van der Waals surface area (Å²) in [6.45, 7) is 13.6. The molecule has 0 aromatic heterocycles. The normalized spacial score (nSPS) is 12.7. The van der Waals surface area contributed by atoms with Gasteiger partial charge in [-0.1, -0.05) is 47.4 Å². The molecule has 0 aliphatic rings. The quantitative estimate of drug-likeness (QED) is 0.122. The molecular weight excluding hydrogens is 376 g/mol. The summed E-state index contributed by atoms with van der Waals surface area (Å²) >= 11 is 0. The third kappa shape index (κ3) is 10.3. The molecule has 0 bridgehead atoms. The van der Waals surface area contributed by atoms with E-state index in [0.717, 1.165) is 24.8 Å². The molecule has 4 nitrogen and oxygen atoms in total. The van der Waals surface area contributed by atoms with E-state index in [2.05, 4.69) is 12.2 Å². The van der Waals surface area contributed by atoms with Gasteiger partial charge in [-0.2, -0.15) is 0 Å². The fourth-order valence-corrected chi connectivity index (χ4v) is 2.89. The van der Waals surface area contributed by atoms with Gasteiger partial charge >= 0.3 is 5.97 Å². The number of hydrogen-bond donors (Lipinski definition) is 0. The maximum atomic E-state index is 13.2. The number of carbonyl (C=O) groups excluding carboxylic acids is 3. The molecule has 4 heteroatoms. The Morgan fingerprint density at radius 1 is 0.800 bits per heavy atom. The van der Waals surface area contributed by atoms with Crippen LogP contribution in [-0.4, -0.2) is 24.6 Å². The molecular formula is C26H38O4. The second kappa shape index (κ2) is 14.5. The molecule has 166 valence electrons. The average molecular weight is 415 g/mol. The molecule has 0 radical (unpaired) electrons. The first-order valence-corrected chi connectivity index (χ1v) is 10.6.